The van der Waals surface area contributed by atoms with E-state index in [0.29, 0.717) is 0 Å². The largest absolute Gasteiger partial charge is 0.0686 e. The lowest BCUT2D eigenvalue weighted by atomic mass is 9.99. The van der Waals surface area contributed by atoms with Gasteiger partial charge in [-0.15, -0.1) is 0 Å². The van der Waals surface area contributed by atoms with Crippen LogP contribution >= 0.6 is 7.92 Å². The first-order valence-corrected chi connectivity index (χ1v) is 12.3. The van der Waals surface area contributed by atoms with E-state index >= 15 is 0 Å². The maximum Gasteiger partial charge on any atom is -0.0148 e. The van der Waals surface area contributed by atoms with Crippen LogP contribution in [0.3, 0.4) is 0 Å². The smallest absolute Gasteiger partial charge is 0.0148 e. The molecule has 2 saturated carbocycles. The molecule has 2 fully saturated rings. The van der Waals surface area contributed by atoms with Gasteiger partial charge in [0.15, 0.2) is 0 Å². The zero-order valence-corrected chi connectivity index (χ0v) is 17.2. The Balaban J connectivity index is 1.73. The third kappa shape index (κ3) is 3.91. The molecule has 0 amide bonds. The van der Waals surface area contributed by atoms with Gasteiger partial charge in [0.2, 0.25) is 0 Å². The minimum atomic E-state index is -0.0195. The number of hydrogen-bond acceptors (Lipinski definition) is 0. The van der Waals surface area contributed by atoms with Gasteiger partial charge < -0.3 is 0 Å². The first-order chi connectivity index (χ1) is 12.8. The van der Waals surface area contributed by atoms with Gasteiger partial charge in [-0.3, -0.25) is 0 Å². The lowest BCUT2D eigenvalue weighted by Crippen LogP contribution is -2.27. The molecule has 0 saturated heterocycles. The van der Waals surface area contributed by atoms with Gasteiger partial charge in [0, 0.05) is 0 Å². The summed E-state index contributed by atoms with van der Waals surface area (Å²) in [6, 6.07) is 18.2. The highest BCUT2D eigenvalue weighted by Crippen LogP contribution is 2.55. The summed E-state index contributed by atoms with van der Waals surface area (Å²) < 4.78 is 0. The quantitative estimate of drug-likeness (QED) is 0.495. The molecule has 0 aromatic heterocycles. The topological polar surface area (TPSA) is 0 Å². The summed E-state index contributed by atoms with van der Waals surface area (Å²) >= 11 is 0. The Morgan fingerprint density at radius 2 is 1.23 bits per heavy atom. The fraction of sp³-hybridized carbons (Fsp3) is 0.520. The molecule has 0 radical (unpaired) electrons. The highest BCUT2D eigenvalue weighted by Gasteiger charge is 2.33. The van der Waals surface area contributed by atoms with Crippen molar-refractivity contribution in [3.63, 3.8) is 0 Å². The van der Waals surface area contributed by atoms with E-state index in [2.05, 4.69) is 55.5 Å². The second-order valence-corrected chi connectivity index (χ2v) is 11.1. The molecule has 0 unspecified atom stereocenters. The highest BCUT2D eigenvalue weighted by molar-refractivity contribution is 7.67. The number of benzene rings is 2. The molecule has 0 heterocycles. The molecule has 0 spiro atoms. The second kappa shape index (κ2) is 8.71. The van der Waals surface area contributed by atoms with Crippen molar-refractivity contribution >= 4 is 13.2 Å². The SMILES string of the molecule is Cc1c(-c2ccccc2)cccc1P(C1CCCCC1)C1CCCCC1. The van der Waals surface area contributed by atoms with Crippen LogP contribution in [0.2, 0.25) is 0 Å². The van der Waals surface area contributed by atoms with Crippen LogP contribution in [-0.4, -0.2) is 11.3 Å². The summed E-state index contributed by atoms with van der Waals surface area (Å²) in [6.45, 7) is 2.40. The van der Waals surface area contributed by atoms with Crippen molar-refractivity contribution in [2.45, 2.75) is 82.4 Å². The third-order valence-corrected chi connectivity index (χ3v) is 10.3. The molecule has 0 aliphatic heterocycles. The van der Waals surface area contributed by atoms with Crippen molar-refractivity contribution in [3.05, 3.63) is 54.1 Å². The van der Waals surface area contributed by atoms with Crippen LogP contribution in [0.1, 0.15) is 69.8 Å². The molecule has 1 heteroatoms. The van der Waals surface area contributed by atoms with Gasteiger partial charge in [-0.2, -0.15) is 0 Å². The molecule has 138 valence electrons. The average Bonchev–Trinajstić information content (AvgIpc) is 2.72. The fourth-order valence-electron chi connectivity index (χ4n) is 5.24. The van der Waals surface area contributed by atoms with Crippen LogP contribution in [0.25, 0.3) is 11.1 Å². The summed E-state index contributed by atoms with van der Waals surface area (Å²) in [5, 5.41) is 1.74. The molecule has 2 aliphatic carbocycles. The molecule has 0 atom stereocenters. The Morgan fingerprint density at radius 3 is 1.81 bits per heavy atom. The maximum atomic E-state index is 2.50. The van der Waals surface area contributed by atoms with Crippen LogP contribution in [0.5, 0.6) is 0 Å². The van der Waals surface area contributed by atoms with E-state index in [-0.39, 0.29) is 7.92 Å². The lowest BCUT2D eigenvalue weighted by molar-refractivity contribution is 0.487. The second-order valence-electron chi connectivity index (χ2n) is 8.31. The van der Waals surface area contributed by atoms with Crippen molar-refractivity contribution < 1.29 is 0 Å². The number of hydrogen-bond donors (Lipinski definition) is 0. The molecule has 2 aliphatic rings. The zero-order chi connectivity index (χ0) is 17.8. The van der Waals surface area contributed by atoms with E-state index in [1.165, 1.54) is 75.3 Å². The first kappa shape index (κ1) is 18.2. The van der Waals surface area contributed by atoms with E-state index in [0.717, 1.165) is 11.3 Å². The Morgan fingerprint density at radius 1 is 0.654 bits per heavy atom. The molecule has 0 N–H and O–H groups in total. The van der Waals surface area contributed by atoms with Gasteiger partial charge in [0.1, 0.15) is 0 Å². The van der Waals surface area contributed by atoms with Crippen LogP contribution in [0, 0.1) is 6.92 Å². The highest BCUT2D eigenvalue weighted by atomic mass is 31.1. The van der Waals surface area contributed by atoms with E-state index in [1.807, 2.05) is 0 Å². The molecule has 26 heavy (non-hydrogen) atoms. The van der Waals surface area contributed by atoms with Crippen LogP contribution in [0.4, 0.5) is 0 Å². The molecule has 0 bridgehead atoms. The summed E-state index contributed by atoms with van der Waals surface area (Å²) in [7, 11) is -0.0195. The van der Waals surface area contributed by atoms with Gasteiger partial charge in [-0.1, -0.05) is 95.0 Å². The molecule has 2 aromatic carbocycles. The maximum absolute atomic E-state index is 2.50. The summed E-state index contributed by atoms with van der Waals surface area (Å²) in [4.78, 5) is 0. The Kier molecular flexibility index (Phi) is 6.11. The van der Waals surface area contributed by atoms with E-state index < -0.39 is 0 Å². The summed E-state index contributed by atoms with van der Waals surface area (Å²) in [5.74, 6) is 0. The minimum absolute atomic E-state index is 0.0195. The first-order valence-electron chi connectivity index (χ1n) is 10.8. The Bertz CT molecular complexity index is 675. The average molecular weight is 365 g/mol. The van der Waals surface area contributed by atoms with Gasteiger partial charge in [0.05, 0.1) is 0 Å². The predicted octanol–water partition coefficient (Wildman–Crippen LogP) is 7.43. The van der Waals surface area contributed by atoms with Crippen LogP contribution < -0.4 is 5.30 Å². The van der Waals surface area contributed by atoms with Gasteiger partial charge in [-0.25, -0.2) is 0 Å². The van der Waals surface area contributed by atoms with Gasteiger partial charge in [-0.05, 0) is 65.9 Å². The minimum Gasteiger partial charge on any atom is -0.0686 e. The molecular weight excluding hydrogens is 331 g/mol. The van der Waals surface area contributed by atoms with Crippen molar-refractivity contribution in [3.8, 4) is 11.1 Å². The standard InChI is InChI=1S/C25H33P/c1-20-24(21-12-5-2-6-13-21)18-11-19-25(20)26(22-14-7-3-8-15-22)23-16-9-4-10-17-23/h2,5-6,11-13,18-19,22-23H,3-4,7-10,14-17H2,1H3. The van der Waals surface area contributed by atoms with E-state index in [4.69, 9.17) is 0 Å². The number of rotatable bonds is 4. The van der Waals surface area contributed by atoms with E-state index in [9.17, 15) is 0 Å². The van der Waals surface area contributed by atoms with Gasteiger partial charge in [0.25, 0.3) is 0 Å². The molecular formula is C25H33P. The Hall–Kier alpha value is -1.13. The molecule has 2 aromatic rings. The van der Waals surface area contributed by atoms with Gasteiger partial charge >= 0.3 is 0 Å². The summed E-state index contributed by atoms with van der Waals surface area (Å²) in [5.41, 5.74) is 6.37. The van der Waals surface area contributed by atoms with Crippen LogP contribution in [0.15, 0.2) is 48.5 Å². The Labute approximate surface area is 161 Å². The molecule has 4 rings (SSSR count). The summed E-state index contributed by atoms with van der Waals surface area (Å²) in [6.07, 6.45) is 14.7. The lowest BCUT2D eigenvalue weighted by Gasteiger charge is -2.39. The monoisotopic (exact) mass is 364 g/mol. The fourth-order valence-corrected chi connectivity index (χ4v) is 9.24. The van der Waals surface area contributed by atoms with Crippen molar-refractivity contribution in [1.29, 1.82) is 0 Å². The zero-order valence-electron chi connectivity index (χ0n) is 16.3. The predicted molar refractivity (Wildman–Crippen MR) is 117 cm³/mol. The van der Waals surface area contributed by atoms with E-state index in [1.54, 1.807) is 10.9 Å². The van der Waals surface area contributed by atoms with Crippen molar-refractivity contribution in [2.24, 2.45) is 0 Å². The van der Waals surface area contributed by atoms with Crippen LogP contribution in [-0.2, 0) is 0 Å². The third-order valence-electron chi connectivity index (χ3n) is 6.60. The molecule has 0 nitrogen and oxygen atoms in total. The van der Waals surface area contributed by atoms with Crippen molar-refractivity contribution in [1.82, 2.24) is 0 Å². The normalized spacial score (nSPS) is 19.8. The van der Waals surface area contributed by atoms with Crippen molar-refractivity contribution in [2.75, 3.05) is 0 Å².